The van der Waals surface area contributed by atoms with E-state index in [0.29, 0.717) is 6.10 Å². The highest BCUT2D eigenvalue weighted by molar-refractivity contribution is 7.99. The molecule has 0 spiro atoms. The van der Waals surface area contributed by atoms with Gasteiger partial charge >= 0.3 is 0 Å². The summed E-state index contributed by atoms with van der Waals surface area (Å²) < 4.78 is 5.57. The summed E-state index contributed by atoms with van der Waals surface area (Å²) in [5.41, 5.74) is -0.107. The molecular formula is C12H25NO2S. The molecule has 1 aliphatic rings. The minimum absolute atomic E-state index is 0.107. The maximum absolute atomic E-state index is 9.23. The van der Waals surface area contributed by atoms with E-state index in [1.54, 1.807) is 0 Å². The zero-order valence-electron chi connectivity index (χ0n) is 10.5. The van der Waals surface area contributed by atoms with Gasteiger partial charge in [-0.1, -0.05) is 0 Å². The smallest absolute Gasteiger partial charge is 0.0666 e. The van der Waals surface area contributed by atoms with Gasteiger partial charge in [0.25, 0.3) is 0 Å². The van der Waals surface area contributed by atoms with Gasteiger partial charge in [0.2, 0.25) is 0 Å². The van der Waals surface area contributed by atoms with E-state index in [9.17, 15) is 5.11 Å². The van der Waals surface area contributed by atoms with Crippen LogP contribution in [0.1, 0.15) is 32.6 Å². The zero-order valence-corrected chi connectivity index (χ0v) is 11.3. The molecule has 0 bridgehead atoms. The number of likely N-dealkylation sites (N-methyl/N-ethyl adjacent to an activating group) is 1. The second kappa shape index (κ2) is 7.54. The van der Waals surface area contributed by atoms with Crippen molar-refractivity contribution in [2.24, 2.45) is 0 Å². The van der Waals surface area contributed by atoms with E-state index in [1.165, 1.54) is 12.8 Å². The lowest BCUT2D eigenvalue weighted by atomic mass is 9.98. The summed E-state index contributed by atoms with van der Waals surface area (Å²) in [7, 11) is 1.91. The van der Waals surface area contributed by atoms with Crippen LogP contribution < -0.4 is 5.32 Å². The Hall–Kier alpha value is 0.230. The first-order valence-corrected chi connectivity index (χ1v) is 7.35. The highest BCUT2D eigenvalue weighted by Gasteiger charge is 2.20. The fourth-order valence-corrected chi connectivity index (χ4v) is 2.88. The van der Waals surface area contributed by atoms with Crippen LogP contribution in [0, 0.1) is 0 Å². The molecule has 0 aromatic carbocycles. The van der Waals surface area contributed by atoms with Gasteiger partial charge in [0.1, 0.15) is 0 Å². The number of aliphatic hydroxyl groups is 1. The van der Waals surface area contributed by atoms with E-state index in [0.717, 1.165) is 31.0 Å². The molecule has 0 aromatic heterocycles. The van der Waals surface area contributed by atoms with Gasteiger partial charge in [-0.05, 0) is 45.4 Å². The van der Waals surface area contributed by atoms with Crippen molar-refractivity contribution in [2.75, 3.05) is 31.8 Å². The third-order valence-corrected chi connectivity index (χ3v) is 4.48. The fraction of sp³-hybridized carbons (Fsp3) is 1.00. The number of aliphatic hydroxyl groups excluding tert-OH is 1. The molecule has 0 amide bonds. The number of nitrogens with one attached hydrogen (secondary N) is 1. The first-order valence-electron chi connectivity index (χ1n) is 6.19. The molecule has 1 rings (SSSR count). The number of thioether (sulfide) groups is 1. The molecular weight excluding hydrogens is 222 g/mol. The Kier molecular flexibility index (Phi) is 6.73. The van der Waals surface area contributed by atoms with Gasteiger partial charge in [0.15, 0.2) is 0 Å². The van der Waals surface area contributed by atoms with Crippen LogP contribution in [0.15, 0.2) is 0 Å². The maximum Gasteiger partial charge on any atom is 0.0666 e. The quantitative estimate of drug-likeness (QED) is 0.640. The number of hydrogen-bond acceptors (Lipinski definition) is 4. The third-order valence-electron chi connectivity index (χ3n) is 3.30. The molecule has 0 aliphatic carbocycles. The Labute approximate surface area is 103 Å². The number of ether oxygens (including phenoxy) is 1. The Morgan fingerprint density at radius 3 is 2.94 bits per heavy atom. The average molecular weight is 247 g/mol. The molecule has 96 valence electrons. The van der Waals surface area contributed by atoms with Gasteiger partial charge in [0, 0.05) is 17.9 Å². The molecule has 2 N–H and O–H groups in total. The van der Waals surface area contributed by atoms with Crippen molar-refractivity contribution in [3.8, 4) is 0 Å². The van der Waals surface area contributed by atoms with Crippen LogP contribution in [0.3, 0.4) is 0 Å². The Bertz CT molecular complexity index is 180. The molecule has 3 nitrogen and oxygen atoms in total. The van der Waals surface area contributed by atoms with Crippen molar-refractivity contribution in [2.45, 2.75) is 44.2 Å². The maximum atomic E-state index is 9.23. The predicted octanol–water partition coefficient (Wildman–Crippen LogP) is 1.65. The van der Waals surface area contributed by atoms with Crippen molar-refractivity contribution < 1.29 is 9.84 Å². The summed E-state index contributed by atoms with van der Waals surface area (Å²) in [6, 6.07) is 0. The lowest BCUT2D eigenvalue weighted by molar-refractivity contribution is 0.129. The molecule has 16 heavy (non-hydrogen) atoms. The van der Waals surface area contributed by atoms with Gasteiger partial charge in [-0.25, -0.2) is 0 Å². The Morgan fingerprint density at radius 1 is 1.56 bits per heavy atom. The molecule has 1 aliphatic heterocycles. The van der Waals surface area contributed by atoms with Crippen molar-refractivity contribution in [1.29, 1.82) is 0 Å². The lowest BCUT2D eigenvalue weighted by Crippen LogP contribution is -2.43. The van der Waals surface area contributed by atoms with Gasteiger partial charge in [-0.3, -0.25) is 0 Å². The molecule has 0 aromatic rings. The van der Waals surface area contributed by atoms with Gasteiger partial charge in [-0.15, -0.1) is 0 Å². The topological polar surface area (TPSA) is 41.5 Å². The van der Waals surface area contributed by atoms with Crippen molar-refractivity contribution >= 4 is 11.8 Å². The summed E-state index contributed by atoms with van der Waals surface area (Å²) >= 11 is 1.98. The first kappa shape index (κ1) is 14.3. The lowest BCUT2D eigenvalue weighted by Gasteiger charge is -2.26. The van der Waals surface area contributed by atoms with Crippen molar-refractivity contribution in [3.63, 3.8) is 0 Å². The summed E-state index contributed by atoms with van der Waals surface area (Å²) in [6.45, 7) is 3.23. The third kappa shape index (κ3) is 5.04. The first-order chi connectivity index (χ1) is 7.70. The minimum atomic E-state index is -0.107. The van der Waals surface area contributed by atoms with Crippen LogP contribution in [-0.4, -0.2) is 48.5 Å². The summed E-state index contributed by atoms with van der Waals surface area (Å²) in [5.74, 6) is 2.30. The monoisotopic (exact) mass is 247 g/mol. The molecule has 2 atom stereocenters. The molecule has 4 heteroatoms. The molecule has 2 unspecified atom stereocenters. The molecule has 1 heterocycles. The van der Waals surface area contributed by atoms with Crippen LogP contribution in [0.5, 0.6) is 0 Å². The molecule has 1 saturated heterocycles. The van der Waals surface area contributed by atoms with E-state index in [-0.39, 0.29) is 12.1 Å². The second-order valence-electron chi connectivity index (χ2n) is 4.78. The van der Waals surface area contributed by atoms with Crippen LogP contribution in [0.2, 0.25) is 0 Å². The molecule has 0 saturated carbocycles. The summed E-state index contributed by atoms with van der Waals surface area (Å²) in [6.07, 6.45) is 5.14. The number of rotatable bonds is 8. The standard InChI is InChI=1S/C12H25NO2S/c1-12(10-14,13-2)6-4-8-16-9-11-5-3-7-15-11/h11,13-14H,3-10H2,1-2H3. The van der Waals surface area contributed by atoms with E-state index < -0.39 is 0 Å². The van der Waals surface area contributed by atoms with E-state index in [1.807, 2.05) is 18.8 Å². The van der Waals surface area contributed by atoms with Crippen LogP contribution >= 0.6 is 11.8 Å². The highest BCUT2D eigenvalue weighted by Crippen LogP contribution is 2.19. The highest BCUT2D eigenvalue weighted by atomic mass is 32.2. The van der Waals surface area contributed by atoms with Crippen LogP contribution in [-0.2, 0) is 4.74 Å². The Morgan fingerprint density at radius 2 is 2.38 bits per heavy atom. The van der Waals surface area contributed by atoms with E-state index in [4.69, 9.17) is 4.74 Å². The van der Waals surface area contributed by atoms with Gasteiger partial charge < -0.3 is 15.2 Å². The van der Waals surface area contributed by atoms with Crippen LogP contribution in [0.25, 0.3) is 0 Å². The molecule has 0 radical (unpaired) electrons. The van der Waals surface area contributed by atoms with E-state index >= 15 is 0 Å². The number of hydrogen-bond donors (Lipinski definition) is 2. The SMILES string of the molecule is CNC(C)(CO)CCCSCC1CCCO1. The largest absolute Gasteiger partial charge is 0.394 e. The van der Waals surface area contributed by atoms with Crippen molar-refractivity contribution in [1.82, 2.24) is 5.32 Å². The second-order valence-corrected chi connectivity index (χ2v) is 5.93. The van der Waals surface area contributed by atoms with Crippen LogP contribution in [0.4, 0.5) is 0 Å². The van der Waals surface area contributed by atoms with Gasteiger partial charge in [-0.2, -0.15) is 11.8 Å². The van der Waals surface area contributed by atoms with E-state index in [2.05, 4.69) is 12.2 Å². The molecule has 1 fully saturated rings. The fourth-order valence-electron chi connectivity index (χ4n) is 1.84. The van der Waals surface area contributed by atoms with Gasteiger partial charge in [0.05, 0.1) is 12.7 Å². The zero-order chi connectivity index (χ0) is 11.9. The normalized spacial score (nSPS) is 24.6. The van der Waals surface area contributed by atoms with Crippen molar-refractivity contribution in [3.05, 3.63) is 0 Å². The summed E-state index contributed by atoms with van der Waals surface area (Å²) in [5, 5.41) is 12.4. The summed E-state index contributed by atoms with van der Waals surface area (Å²) in [4.78, 5) is 0. The average Bonchev–Trinajstić information content (AvgIpc) is 2.81. The Balaban J connectivity index is 1.98. The minimum Gasteiger partial charge on any atom is -0.394 e. The predicted molar refractivity (Wildman–Crippen MR) is 70.1 cm³/mol.